The van der Waals surface area contributed by atoms with Gasteiger partial charge in [-0.2, -0.15) is 0 Å². The number of aromatic nitrogens is 1. The fourth-order valence-corrected chi connectivity index (χ4v) is 3.03. The van der Waals surface area contributed by atoms with Crippen LogP contribution in [0.2, 0.25) is 0 Å². The summed E-state index contributed by atoms with van der Waals surface area (Å²) in [6.07, 6.45) is 1.83. The standard InChI is InChI=1S/C17H23N3O2S/c1-5-13(6-2)18-16(21)20-17-19-14(10-23-17)12-7-8-15(22-4)11(3)9-12/h7-10,13H,5-6H2,1-4H3,(H2,18,19,20,21). The number of hydrogen-bond donors (Lipinski definition) is 2. The van der Waals surface area contributed by atoms with Crippen LogP contribution in [-0.4, -0.2) is 24.2 Å². The average Bonchev–Trinajstić information content (AvgIpc) is 3.00. The van der Waals surface area contributed by atoms with E-state index in [1.54, 1.807) is 7.11 Å². The predicted molar refractivity (Wildman–Crippen MR) is 95.4 cm³/mol. The van der Waals surface area contributed by atoms with Gasteiger partial charge in [-0.25, -0.2) is 9.78 Å². The molecule has 0 aliphatic carbocycles. The minimum Gasteiger partial charge on any atom is -0.496 e. The molecule has 0 fully saturated rings. The zero-order valence-corrected chi connectivity index (χ0v) is 14.8. The van der Waals surface area contributed by atoms with Crippen molar-refractivity contribution in [1.29, 1.82) is 0 Å². The van der Waals surface area contributed by atoms with Crippen LogP contribution in [0, 0.1) is 6.92 Å². The summed E-state index contributed by atoms with van der Waals surface area (Å²) in [7, 11) is 1.66. The molecule has 0 saturated heterocycles. The van der Waals surface area contributed by atoms with Gasteiger partial charge in [-0.1, -0.05) is 13.8 Å². The molecule has 2 amide bonds. The Kier molecular flexibility index (Phi) is 5.98. The van der Waals surface area contributed by atoms with E-state index < -0.39 is 0 Å². The smallest absolute Gasteiger partial charge is 0.321 e. The molecule has 2 N–H and O–H groups in total. The van der Waals surface area contributed by atoms with Gasteiger partial charge in [0, 0.05) is 17.0 Å². The van der Waals surface area contributed by atoms with Crippen molar-refractivity contribution < 1.29 is 9.53 Å². The molecule has 0 radical (unpaired) electrons. The van der Waals surface area contributed by atoms with E-state index in [4.69, 9.17) is 4.74 Å². The number of urea groups is 1. The third-order valence-electron chi connectivity index (χ3n) is 3.74. The second-order valence-corrected chi connectivity index (χ2v) is 6.19. The number of carbonyl (C=O) groups excluding carboxylic acids is 1. The molecule has 1 aromatic heterocycles. The number of thiazole rings is 1. The number of ether oxygens (including phenoxy) is 1. The van der Waals surface area contributed by atoms with Gasteiger partial charge in [0.05, 0.1) is 12.8 Å². The SMILES string of the molecule is CCC(CC)NC(=O)Nc1nc(-c2ccc(OC)c(C)c2)cs1. The van der Waals surface area contributed by atoms with Crippen molar-refractivity contribution in [3.63, 3.8) is 0 Å². The molecule has 0 atom stereocenters. The number of aryl methyl sites for hydroxylation is 1. The first-order chi connectivity index (χ1) is 11.1. The molecule has 2 aromatic rings. The summed E-state index contributed by atoms with van der Waals surface area (Å²) < 4.78 is 5.27. The normalized spacial score (nSPS) is 10.7. The fraction of sp³-hybridized carbons (Fsp3) is 0.412. The van der Waals surface area contributed by atoms with Crippen molar-refractivity contribution >= 4 is 22.5 Å². The highest BCUT2D eigenvalue weighted by Crippen LogP contribution is 2.28. The number of rotatable bonds is 6. The number of carbonyl (C=O) groups is 1. The van der Waals surface area contributed by atoms with Crippen LogP contribution in [0.15, 0.2) is 23.6 Å². The summed E-state index contributed by atoms with van der Waals surface area (Å²) in [5, 5.41) is 8.27. The van der Waals surface area contributed by atoms with Crippen LogP contribution in [0.4, 0.5) is 9.93 Å². The van der Waals surface area contributed by atoms with Gasteiger partial charge in [-0.3, -0.25) is 5.32 Å². The molecule has 0 saturated carbocycles. The molecule has 1 aromatic carbocycles. The Hall–Kier alpha value is -2.08. The maximum Gasteiger partial charge on any atom is 0.321 e. The minimum atomic E-state index is -0.203. The Morgan fingerprint density at radius 3 is 2.70 bits per heavy atom. The Balaban J connectivity index is 2.06. The lowest BCUT2D eigenvalue weighted by atomic mass is 10.1. The molecule has 0 spiro atoms. The molecule has 0 aliphatic heterocycles. The van der Waals surface area contributed by atoms with Gasteiger partial charge in [-0.05, 0) is 43.5 Å². The Bertz CT molecular complexity index is 666. The van der Waals surface area contributed by atoms with Crippen molar-refractivity contribution in [2.24, 2.45) is 0 Å². The van der Waals surface area contributed by atoms with Crippen molar-refractivity contribution in [3.8, 4) is 17.0 Å². The highest BCUT2D eigenvalue weighted by Gasteiger charge is 2.11. The average molecular weight is 333 g/mol. The summed E-state index contributed by atoms with van der Waals surface area (Å²) in [6, 6.07) is 5.91. The monoisotopic (exact) mass is 333 g/mol. The zero-order valence-electron chi connectivity index (χ0n) is 14.0. The van der Waals surface area contributed by atoms with Crippen molar-refractivity contribution in [2.75, 3.05) is 12.4 Å². The van der Waals surface area contributed by atoms with Gasteiger partial charge in [0.1, 0.15) is 5.75 Å². The predicted octanol–water partition coefficient (Wildman–Crippen LogP) is 4.44. The number of methoxy groups -OCH3 is 1. The van der Waals surface area contributed by atoms with E-state index in [1.165, 1.54) is 11.3 Å². The van der Waals surface area contributed by atoms with Crippen LogP contribution in [0.1, 0.15) is 32.3 Å². The molecule has 0 bridgehead atoms. The van der Waals surface area contributed by atoms with Crippen LogP contribution in [0.3, 0.4) is 0 Å². The first-order valence-electron chi connectivity index (χ1n) is 7.75. The number of amides is 2. The first kappa shape index (κ1) is 17.3. The summed E-state index contributed by atoms with van der Waals surface area (Å²) in [5.74, 6) is 0.854. The summed E-state index contributed by atoms with van der Waals surface area (Å²) >= 11 is 1.42. The second kappa shape index (κ2) is 7.97. The Morgan fingerprint density at radius 1 is 1.35 bits per heavy atom. The fourth-order valence-electron chi connectivity index (χ4n) is 2.31. The van der Waals surface area contributed by atoms with E-state index in [0.717, 1.165) is 35.4 Å². The third kappa shape index (κ3) is 4.45. The van der Waals surface area contributed by atoms with Gasteiger partial charge in [-0.15, -0.1) is 11.3 Å². The molecule has 2 rings (SSSR count). The van der Waals surface area contributed by atoms with Crippen molar-refractivity contribution in [3.05, 3.63) is 29.1 Å². The summed E-state index contributed by atoms with van der Waals surface area (Å²) in [5.41, 5.74) is 2.91. The molecule has 5 nitrogen and oxygen atoms in total. The number of anilines is 1. The maximum atomic E-state index is 12.0. The van der Waals surface area contributed by atoms with Crippen LogP contribution < -0.4 is 15.4 Å². The molecule has 6 heteroatoms. The van der Waals surface area contributed by atoms with Gasteiger partial charge in [0.25, 0.3) is 0 Å². The molecule has 0 unspecified atom stereocenters. The van der Waals surface area contributed by atoms with Crippen LogP contribution in [0.25, 0.3) is 11.3 Å². The van der Waals surface area contributed by atoms with Gasteiger partial charge >= 0.3 is 6.03 Å². The highest BCUT2D eigenvalue weighted by atomic mass is 32.1. The van der Waals surface area contributed by atoms with Crippen LogP contribution >= 0.6 is 11.3 Å². The molecular formula is C17H23N3O2S. The van der Waals surface area contributed by atoms with E-state index in [-0.39, 0.29) is 12.1 Å². The van der Waals surface area contributed by atoms with Crippen LogP contribution in [-0.2, 0) is 0 Å². The molecular weight excluding hydrogens is 310 g/mol. The molecule has 23 heavy (non-hydrogen) atoms. The summed E-state index contributed by atoms with van der Waals surface area (Å²) in [6.45, 7) is 6.11. The molecule has 1 heterocycles. The van der Waals surface area contributed by atoms with Crippen molar-refractivity contribution in [1.82, 2.24) is 10.3 Å². The highest BCUT2D eigenvalue weighted by molar-refractivity contribution is 7.14. The molecule has 0 aliphatic rings. The number of nitrogens with one attached hydrogen (secondary N) is 2. The van der Waals surface area contributed by atoms with Gasteiger partial charge in [0.2, 0.25) is 0 Å². The first-order valence-corrected chi connectivity index (χ1v) is 8.63. The number of benzene rings is 1. The lowest BCUT2D eigenvalue weighted by Gasteiger charge is -2.14. The lowest BCUT2D eigenvalue weighted by Crippen LogP contribution is -2.37. The van der Waals surface area contributed by atoms with E-state index in [9.17, 15) is 4.79 Å². The zero-order chi connectivity index (χ0) is 16.8. The third-order valence-corrected chi connectivity index (χ3v) is 4.49. The number of nitrogens with zero attached hydrogens (tertiary/aromatic N) is 1. The second-order valence-electron chi connectivity index (χ2n) is 5.33. The van der Waals surface area contributed by atoms with Crippen molar-refractivity contribution in [2.45, 2.75) is 39.7 Å². The van der Waals surface area contributed by atoms with Gasteiger partial charge < -0.3 is 10.1 Å². The maximum absolute atomic E-state index is 12.0. The minimum absolute atomic E-state index is 0.193. The van der Waals surface area contributed by atoms with E-state index in [1.807, 2.05) is 30.5 Å². The molecule has 124 valence electrons. The van der Waals surface area contributed by atoms with Gasteiger partial charge in [0.15, 0.2) is 5.13 Å². The summed E-state index contributed by atoms with van der Waals surface area (Å²) in [4.78, 5) is 16.4. The lowest BCUT2D eigenvalue weighted by molar-refractivity contribution is 0.247. The topological polar surface area (TPSA) is 63.2 Å². The van der Waals surface area contributed by atoms with E-state index >= 15 is 0 Å². The van der Waals surface area contributed by atoms with E-state index in [2.05, 4.69) is 29.5 Å². The van der Waals surface area contributed by atoms with E-state index in [0.29, 0.717) is 5.13 Å². The van der Waals surface area contributed by atoms with Crippen LogP contribution in [0.5, 0.6) is 5.75 Å². The quantitative estimate of drug-likeness (QED) is 0.821. The number of hydrogen-bond acceptors (Lipinski definition) is 4. The largest absolute Gasteiger partial charge is 0.496 e. The Labute approximate surface area is 141 Å². The Morgan fingerprint density at radius 2 is 2.09 bits per heavy atom.